The summed E-state index contributed by atoms with van der Waals surface area (Å²) < 4.78 is 11.6. The molecule has 3 fully saturated rings. The van der Waals surface area contributed by atoms with E-state index in [9.17, 15) is 0 Å². The molecule has 0 aromatic carbocycles. The number of ether oxygens (including phenoxy) is 2. The van der Waals surface area contributed by atoms with E-state index < -0.39 is 0 Å². The Labute approximate surface area is 123 Å². The molecule has 2 aliphatic heterocycles. The minimum atomic E-state index is 0.360. The van der Waals surface area contributed by atoms with Crippen LogP contribution in [0.4, 0.5) is 0 Å². The molecule has 2 unspecified atom stereocenters. The van der Waals surface area contributed by atoms with Gasteiger partial charge in [0.2, 0.25) is 0 Å². The predicted octanol–water partition coefficient (Wildman–Crippen LogP) is 1.65. The average molecular weight is 282 g/mol. The second-order valence-electron chi connectivity index (χ2n) is 6.91. The summed E-state index contributed by atoms with van der Waals surface area (Å²) in [5, 5.41) is 3.49. The molecule has 116 valence electrons. The van der Waals surface area contributed by atoms with E-state index in [-0.39, 0.29) is 0 Å². The highest BCUT2D eigenvalue weighted by Crippen LogP contribution is 2.35. The highest BCUT2D eigenvalue weighted by atomic mass is 16.5. The van der Waals surface area contributed by atoms with Crippen molar-refractivity contribution in [2.75, 3.05) is 46.5 Å². The van der Waals surface area contributed by atoms with Crippen LogP contribution in [0.3, 0.4) is 0 Å². The third-order valence-corrected chi connectivity index (χ3v) is 5.50. The van der Waals surface area contributed by atoms with Crippen molar-refractivity contribution in [3.63, 3.8) is 0 Å². The second kappa shape index (κ2) is 6.73. The zero-order valence-corrected chi connectivity index (χ0v) is 12.9. The second-order valence-corrected chi connectivity index (χ2v) is 6.91. The number of nitrogens with zero attached hydrogens (tertiary/aromatic N) is 1. The van der Waals surface area contributed by atoms with Crippen LogP contribution in [0.15, 0.2) is 0 Å². The maximum absolute atomic E-state index is 6.01. The van der Waals surface area contributed by atoms with Crippen molar-refractivity contribution >= 4 is 0 Å². The molecule has 4 nitrogen and oxygen atoms in total. The largest absolute Gasteiger partial charge is 0.384 e. The zero-order chi connectivity index (χ0) is 13.8. The van der Waals surface area contributed by atoms with Gasteiger partial charge in [-0.25, -0.2) is 0 Å². The number of morpholine rings is 1. The van der Waals surface area contributed by atoms with Crippen molar-refractivity contribution in [1.29, 1.82) is 0 Å². The molecule has 2 atom stereocenters. The lowest BCUT2D eigenvalue weighted by molar-refractivity contribution is -0.107. The quantitative estimate of drug-likeness (QED) is 0.850. The number of hydrogen-bond acceptors (Lipinski definition) is 4. The summed E-state index contributed by atoms with van der Waals surface area (Å²) in [7, 11) is 1.85. The normalized spacial score (nSPS) is 34.6. The number of piperidine rings is 1. The molecule has 0 aromatic rings. The van der Waals surface area contributed by atoms with Gasteiger partial charge in [0.25, 0.3) is 0 Å². The summed E-state index contributed by atoms with van der Waals surface area (Å²) in [5.74, 6) is 0. The molecule has 3 rings (SSSR count). The Morgan fingerprint density at radius 3 is 2.85 bits per heavy atom. The van der Waals surface area contributed by atoms with Crippen LogP contribution in [0, 0.1) is 5.41 Å². The van der Waals surface area contributed by atoms with Gasteiger partial charge in [-0.2, -0.15) is 0 Å². The van der Waals surface area contributed by atoms with E-state index in [4.69, 9.17) is 9.47 Å². The Kier molecular flexibility index (Phi) is 4.97. The van der Waals surface area contributed by atoms with Gasteiger partial charge in [0.15, 0.2) is 0 Å². The fraction of sp³-hybridized carbons (Fsp3) is 1.00. The number of rotatable bonds is 4. The first-order valence-electron chi connectivity index (χ1n) is 8.38. The van der Waals surface area contributed by atoms with E-state index in [1.54, 1.807) is 0 Å². The van der Waals surface area contributed by atoms with Crippen molar-refractivity contribution in [2.45, 2.75) is 50.7 Å². The van der Waals surface area contributed by atoms with Crippen LogP contribution < -0.4 is 5.32 Å². The fourth-order valence-corrected chi connectivity index (χ4v) is 4.42. The van der Waals surface area contributed by atoms with Crippen LogP contribution >= 0.6 is 0 Å². The Balaban J connectivity index is 1.66. The molecular weight excluding hydrogens is 252 g/mol. The van der Waals surface area contributed by atoms with E-state index >= 15 is 0 Å². The van der Waals surface area contributed by atoms with Crippen molar-refractivity contribution in [3.05, 3.63) is 0 Å². The van der Waals surface area contributed by atoms with E-state index in [0.29, 0.717) is 17.6 Å². The molecule has 1 N–H and O–H groups in total. The molecule has 4 heteroatoms. The van der Waals surface area contributed by atoms with Gasteiger partial charge in [-0.1, -0.05) is 12.8 Å². The van der Waals surface area contributed by atoms with Crippen LogP contribution in [0.25, 0.3) is 0 Å². The lowest BCUT2D eigenvalue weighted by Gasteiger charge is -2.48. The molecule has 0 amide bonds. The molecule has 0 spiro atoms. The fourth-order valence-electron chi connectivity index (χ4n) is 4.42. The first-order chi connectivity index (χ1) is 9.83. The van der Waals surface area contributed by atoms with Gasteiger partial charge in [-0.05, 0) is 38.8 Å². The first kappa shape index (κ1) is 14.8. The number of methoxy groups -OCH3 is 1. The van der Waals surface area contributed by atoms with Crippen LogP contribution in [0.1, 0.15) is 38.5 Å². The van der Waals surface area contributed by atoms with Crippen molar-refractivity contribution in [1.82, 2.24) is 10.2 Å². The monoisotopic (exact) mass is 282 g/mol. The summed E-state index contributed by atoms with van der Waals surface area (Å²) in [4.78, 5) is 2.73. The molecule has 1 saturated carbocycles. The van der Waals surface area contributed by atoms with Crippen molar-refractivity contribution in [3.8, 4) is 0 Å². The number of fused-ring (bicyclic) bond motifs is 1. The van der Waals surface area contributed by atoms with Crippen LogP contribution in [0.2, 0.25) is 0 Å². The maximum Gasteiger partial charge on any atom is 0.0730 e. The third kappa shape index (κ3) is 3.19. The number of nitrogens with one attached hydrogen (secondary N) is 1. The summed E-state index contributed by atoms with van der Waals surface area (Å²) in [6.07, 6.45) is 8.30. The average Bonchev–Trinajstić information content (AvgIpc) is 2.49. The molecule has 2 saturated heterocycles. The van der Waals surface area contributed by atoms with Gasteiger partial charge in [0.1, 0.15) is 0 Å². The maximum atomic E-state index is 6.01. The van der Waals surface area contributed by atoms with Crippen molar-refractivity contribution in [2.24, 2.45) is 5.41 Å². The van der Waals surface area contributed by atoms with Gasteiger partial charge in [0.05, 0.1) is 19.3 Å². The van der Waals surface area contributed by atoms with E-state index in [1.807, 2.05) is 7.11 Å². The SMILES string of the molecule is COCC1(CN2CCOC3CCCCC32)CCNCC1. The summed E-state index contributed by atoms with van der Waals surface area (Å²) in [6.45, 7) is 6.42. The summed E-state index contributed by atoms with van der Waals surface area (Å²) >= 11 is 0. The van der Waals surface area contributed by atoms with Gasteiger partial charge < -0.3 is 14.8 Å². The highest BCUT2D eigenvalue weighted by molar-refractivity contribution is 4.93. The Bertz CT molecular complexity index is 297. The lowest BCUT2D eigenvalue weighted by atomic mass is 9.78. The molecule has 0 bridgehead atoms. The smallest absolute Gasteiger partial charge is 0.0730 e. The van der Waals surface area contributed by atoms with Crippen LogP contribution in [0.5, 0.6) is 0 Å². The van der Waals surface area contributed by atoms with Gasteiger partial charge in [-0.3, -0.25) is 4.90 Å². The minimum absolute atomic E-state index is 0.360. The molecule has 0 radical (unpaired) electrons. The first-order valence-corrected chi connectivity index (χ1v) is 8.38. The topological polar surface area (TPSA) is 33.7 Å². The highest BCUT2D eigenvalue weighted by Gasteiger charge is 2.40. The van der Waals surface area contributed by atoms with E-state index in [1.165, 1.54) is 45.1 Å². The number of hydrogen-bond donors (Lipinski definition) is 1. The van der Waals surface area contributed by atoms with Gasteiger partial charge in [0, 0.05) is 31.7 Å². The van der Waals surface area contributed by atoms with Gasteiger partial charge >= 0.3 is 0 Å². The lowest BCUT2D eigenvalue weighted by Crippen LogP contribution is -2.57. The van der Waals surface area contributed by atoms with E-state index in [0.717, 1.165) is 32.8 Å². The molecule has 20 heavy (non-hydrogen) atoms. The standard InChI is InChI=1S/C16H30N2O2/c1-19-13-16(6-8-17-9-7-16)12-18-10-11-20-15-5-3-2-4-14(15)18/h14-15,17H,2-13H2,1H3. The summed E-state index contributed by atoms with van der Waals surface area (Å²) in [6, 6.07) is 0.668. The Hall–Kier alpha value is -0.160. The molecular formula is C16H30N2O2. The van der Waals surface area contributed by atoms with Crippen LogP contribution in [-0.2, 0) is 9.47 Å². The molecule has 2 heterocycles. The predicted molar refractivity (Wildman–Crippen MR) is 80.0 cm³/mol. The Morgan fingerprint density at radius 2 is 2.05 bits per heavy atom. The molecule has 0 aromatic heterocycles. The molecule has 3 aliphatic rings. The Morgan fingerprint density at radius 1 is 1.25 bits per heavy atom. The molecule has 1 aliphatic carbocycles. The zero-order valence-electron chi connectivity index (χ0n) is 12.9. The van der Waals surface area contributed by atoms with Crippen LogP contribution in [-0.4, -0.2) is 63.5 Å². The summed E-state index contributed by atoms with van der Waals surface area (Å²) in [5.41, 5.74) is 0.360. The minimum Gasteiger partial charge on any atom is -0.384 e. The third-order valence-electron chi connectivity index (χ3n) is 5.50. The van der Waals surface area contributed by atoms with E-state index in [2.05, 4.69) is 10.2 Å². The van der Waals surface area contributed by atoms with Crippen molar-refractivity contribution < 1.29 is 9.47 Å². The van der Waals surface area contributed by atoms with Gasteiger partial charge in [-0.15, -0.1) is 0 Å².